The third-order valence-corrected chi connectivity index (χ3v) is 3.02. The summed E-state index contributed by atoms with van der Waals surface area (Å²) in [6.45, 7) is 4.02. The summed E-state index contributed by atoms with van der Waals surface area (Å²) in [7, 11) is 0. The maximum Gasteiger partial charge on any atom is 0.362 e. The molecule has 0 aliphatic rings. The molecule has 110 valence electrons. The Morgan fingerprint density at radius 3 is 2.52 bits per heavy atom. The third kappa shape index (κ3) is 3.56. The topological polar surface area (TPSA) is 61.2 Å². The number of carbonyl (C=O) groups excluding carboxylic acids is 1. The van der Waals surface area contributed by atoms with Crippen molar-refractivity contribution in [3.05, 3.63) is 58.0 Å². The van der Waals surface area contributed by atoms with Crippen LogP contribution in [0.4, 0.5) is 0 Å². The van der Waals surface area contributed by atoms with Gasteiger partial charge in [-0.2, -0.15) is 5.10 Å². The van der Waals surface area contributed by atoms with E-state index in [0.29, 0.717) is 0 Å². The standard InChI is InChI=1S/C16H18N2O3/c1-3-5-12-6-8-13(9-7-12)18-11-10-14(19)15(17-18)16(20)21-4-2/h6-11H,3-5H2,1-2H3. The Morgan fingerprint density at radius 2 is 1.90 bits per heavy atom. The summed E-state index contributed by atoms with van der Waals surface area (Å²) in [4.78, 5) is 23.4. The molecule has 0 aliphatic carbocycles. The molecule has 0 radical (unpaired) electrons. The molecule has 1 aromatic carbocycles. The fraction of sp³-hybridized carbons (Fsp3) is 0.312. The molecule has 5 nitrogen and oxygen atoms in total. The average Bonchev–Trinajstić information content (AvgIpc) is 2.49. The van der Waals surface area contributed by atoms with Gasteiger partial charge in [0.25, 0.3) is 0 Å². The fourth-order valence-electron chi connectivity index (χ4n) is 2.00. The molecule has 5 heteroatoms. The highest BCUT2D eigenvalue weighted by molar-refractivity contribution is 5.86. The normalized spacial score (nSPS) is 10.4. The Hall–Kier alpha value is -2.43. The van der Waals surface area contributed by atoms with Crippen LogP contribution in [0.2, 0.25) is 0 Å². The first-order valence-corrected chi connectivity index (χ1v) is 7.02. The van der Waals surface area contributed by atoms with Gasteiger partial charge in [-0.1, -0.05) is 25.5 Å². The van der Waals surface area contributed by atoms with Crippen LogP contribution in [0.1, 0.15) is 36.3 Å². The lowest BCUT2D eigenvalue weighted by Gasteiger charge is -2.08. The van der Waals surface area contributed by atoms with Crippen LogP contribution in [-0.2, 0) is 11.2 Å². The average molecular weight is 286 g/mol. The molecule has 0 fully saturated rings. The number of benzene rings is 1. The maximum atomic E-state index is 11.7. The zero-order chi connectivity index (χ0) is 15.2. The summed E-state index contributed by atoms with van der Waals surface area (Å²) in [6, 6.07) is 9.18. The van der Waals surface area contributed by atoms with Gasteiger partial charge in [0, 0.05) is 12.3 Å². The van der Waals surface area contributed by atoms with Crippen LogP contribution in [0.3, 0.4) is 0 Å². The van der Waals surface area contributed by atoms with Crippen molar-refractivity contribution in [2.45, 2.75) is 26.7 Å². The highest BCUT2D eigenvalue weighted by atomic mass is 16.5. The second kappa shape index (κ2) is 6.83. The highest BCUT2D eigenvalue weighted by Gasteiger charge is 2.14. The molecular weight excluding hydrogens is 268 g/mol. The molecule has 0 spiro atoms. The number of esters is 1. The minimum Gasteiger partial charge on any atom is -0.461 e. The number of ether oxygens (including phenoxy) is 1. The van der Waals surface area contributed by atoms with Crippen LogP contribution in [0, 0.1) is 0 Å². The van der Waals surface area contributed by atoms with Crippen molar-refractivity contribution in [3.8, 4) is 5.69 Å². The first kappa shape index (κ1) is 15.0. The molecule has 0 saturated carbocycles. The van der Waals surface area contributed by atoms with Gasteiger partial charge in [0.2, 0.25) is 11.1 Å². The van der Waals surface area contributed by atoms with Crippen molar-refractivity contribution >= 4 is 5.97 Å². The number of aryl methyl sites for hydroxylation is 1. The van der Waals surface area contributed by atoms with E-state index in [2.05, 4.69) is 12.0 Å². The lowest BCUT2D eigenvalue weighted by molar-refractivity contribution is 0.0515. The van der Waals surface area contributed by atoms with Crippen LogP contribution in [0.5, 0.6) is 0 Å². The zero-order valence-electron chi connectivity index (χ0n) is 12.2. The summed E-state index contributed by atoms with van der Waals surface area (Å²) in [5.74, 6) is -0.695. The van der Waals surface area contributed by atoms with Crippen LogP contribution in [0.25, 0.3) is 5.69 Å². The summed E-state index contributed by atoms with van der Waals surface area (Å²) < 4.78 is 6.34. The quantitative estimate of drug-likeness (QED) is 0.792. The molecule has 0 saturated heterocycles. The largest absolute Gasteiger partial charge is 0.461 e. The second-order valence-electron chi connectivity index (χ2n) is 4.61. The van der Waals surface area contributed by atoms with Crippen molar-refractivity contribution in [2.75, 3.05) is 6.61 Å². The molecule has 0 aliphatic heterocycles. The van der Waals surface area contributed by atoms with Gasteiger partial charge in [-0.05, 0) is 31.0 Å². The predicted octanol–water partition coefficient (Wildman–Crippen LogP) is 2.36. The first-order chi connectivity index (χ1) is 10.2. The van der Waals surface area contributed by atoms with Crippen molar-refractivity contribution in [2.24, 2.45) is 0 Å². The highest BCUT2D eigenvalue weighted by Crippen LogP contribution is 2.10. The van der Waals surface area contributed by atoms with E-state index >= 15 is 0 Å². The summed E-state index contributed by atoms with van der Waals surface area (Å²) >= 11 is 0. The van der Waals surface area contributed by atoms with Crippen molar-refractivity contribution in [3.63, 3.8) is 0 Å². The molecule has 21 heavy (non-hydrogen) atoms. The Morgan fingerprint density at radius 1 is 1.19 bits per heavy atom. The van der Waals surface area contributed by atoms with Crippen molar-refractivity contribution in [1.82, 2.24) is 9.78 Å². The molecule has 1 aromatic heterocycles. The number of nitrogens with zero attached hydrogens (tertiary/aromatic N) is 2. The van der Waals surface area contributed by atoms with Crippen LogP contribution in [-0.4, -0.2) is 22.4 Å². The van der Waals surface area contributed by atoms with Gasteiger partial charge in [0.15, 0.2) is 0 Å². The Kier molecular flexibility index (Phi) is 4.87. The lowest BCUT2D eigenvalue weighted by atomic mass is 10.1. The molecule has 0 amide bonds. The minimum absolute atomic E-state index is 0.197. The lowest BCUT2D eigenvalue weighted by Crippen LogP contribution is -2.22. The van der Waals surface area contributed by atoms with Crippen LogP contribution in [0.15, 0.2) is 41.3 Å². The predicted molar refractivity (Wildman–Crippen MR) is 79.8 cm³/mol. The maximum absolute atomic E-state index is 11.7. The van der Waals surface area contributed by atoms with Crippen molar-refractivity contribution < 1.29 is 9.53 Å². The molecule has 2 aromatic rings. The van der Waals surface area contributed by atoms with E-state index < -0.39 is 11.4 Å². The van der Waals surface area contributed by atoms with Crippen LogP contribution < -0.4 is 5.43 Å². The van der Waals surface area contributed by atoms with Crippen molar-refractivity contribution in [1.29, 1.82) is 0 Å². The number of aromatic nitrogens is 2. The van der Waals surface area contributed by atoms with Gasteiger partial charge >= 0.3 is 5.97 Å². The van der Waals surface area contributed by atoms with E-state index in [1.54, 1.807) is 13.1 Å². The SMILES string of the molecule is CCCc1ccc(-n2ccc(=O)c(C(=O)OCC)n2)cc1. The Bertz CT molecular complexity index is 675. The van der Waals surface area contributed by atoms with Crippen LogP contribution >= 0.6 is 0 Å². The Labute approximate surface area is 123 Å². The molecule has 0 unspecified atom stereocenters. The number of hydrogen-bond donors (Lipinski definition) is 0. The number of rotatable bonds is 5. The fourth-order valence-corrected chi connectivity index (χ4v) is 2.00. The van der Waals surface area contributed by atoms with E-state index in [-0.39, 0.29) is 12.3 Å². The second-order valence-corrected chi connectivity index (χ2v) is 4.61. The monoisotopic (exact) mass is 286 g/mol. The summed E-state index contributed by atoms with van der Waals surface area (Å²) in [5.41, 5.74) is 1.40. The molecular formula is C16H18N2O3. The van der Waals surface area contributed by atoms with E-state index in [4.69, 9.17) is 4.74 Å². The first-order valence-electron chi connectivity index (χ1n) is 7.02. The van der Waals surface area contributed by atoms with E-state index in [0.717, 1.165) is 18.5 Å². The molecule has 0 bridgehead atoms. The molecule has 0 atom stereocenters. The summed E-state index contributed by atoms with van der Waals surface area (Å²) in [6.07, 6.45) is 3.65. The smallest absolute Gasteiger partial charge is 0.362 e. The van der Waals surface area contributed by atoms with Gasteiger partial charge in [0.05, 0.1) is 12.3 Å². The minimum atomic E-state index is -0.695. The van der Waals surface area contributed by atoms with E-state index in [1.165, 1.54) is 16.3 Å². The van der Waals surface area contributed by atoms with Gasteiger partial charge in [0.1, 0.15) is 0 Å². The summed E-state index contributed by atoms with van der Waals surface area (Å²) in [5, 5.41) is 4.07. The molecule has 1 heterocycles. The number of carbonyl (C=O) groups is 1. The molecule has 0 N–H and O–H groups in total. The Balaban J connectivity index is 2.34. The third-order valence-electron chi connectivity index (χ3n) is 3.02. The van der Waals surface area contributed by atoms with Gasteiger partial charge in [-0.3, -0.25) is 4.79 Å². The zero-order valence-corrected chi connectivity index (χ0v) is 12.2. The molecule has 2 rings (SSSR count). The van der Waals surface area contributed by atoms with Gasteiger partial charge < -0.3 is 4.74 Å². The van der Waals surface area contributed by atoms with Gasteiger partial charge in [-0.25, -0.2) is 9.48 Å². The van der Waals surface area contributed by atoms with E-state index in [9.17, 15) is 9.59 Å². The van der Waals surface area contributed by atoms with E-state index in [1.807, 2.05) is 24.3 Å². The van der Waals surface area contributed by atoms with Gasteiger partial charge in [-0.15, -0.1) is 0 Å². The number of hydrogen-bond acceptors (Lipinski definition) is 4.